The Kier molecular flexibility index (Phi) is 53.1. The van der Waals surface area contributed by atoms with E-state index in [4.69, 9.17) is 4.74 Å². The molecule has 0 bridgehead atoms. The molecule has 0 saturated heterocycles. The van der Waals surface area contributed by atoms with Crippen LogP contribution in [0.3, 0.4) is 0 Å². The van der Waals surface area contributed by atoms with E-state index in [1.165, 1.54) is 180 Å². The van der Waals surface area contributed by atoms with Crippen molar-refractivity contribution < 1.29 is 24.5 Å². The maximum atomic E-state index is 12.5. The number of carbonyl (C=O) groups excluding carboxylic acids is 2. The van der Waals surface area contributed by atoms with Gasteiger partial charge in [0.2, 0.25) is 5.91 Å². The van der Waals surface area contributed by atoms with Crippen LogP contribution in [0.1, 0.15) is 303 Å². The number of esters is 1. The van der Waals surface area contributed by atoms with Crippen molar-refractivity contribution >= 4 is 11.9 Å². The van der Waals surface area contributed by atoms with Crippen LogP contribution in [0.4, 0.5) is 0 Å². The molecule has 2 atom stereocenters. The Hall–Kier alpha value is -1.92. The molecule has 0 fully saturated rings. The van der Waals surface area contributed by atoms with Crippen LogP contribution in [0.2, 0.25) is 0 Å². The summed E-state index contributed by atoms with van der Waals surface area (Å²) in [6.07, 6.45) is 67.1. The van der Waals surface area contributed by atoms with Gasteiger partial charge >= 0.3 is 5.97 Å². The molecule has 6 heteroatoms. The van der Waals surface area contributed by atoms with Gasteiger partial charge in [-0.15, -0.1) is 0 Å². The van der Waals surface area contributed by atoms with Gasteiger partial charge in [-0.1, -0.05) is 243 Å². The number of nitrogens with one attached hydrogen (secondary N) is 1. The molecule has 0 aromatic rings. The topological polar surface area (TPSA) is 95.9 Å². The summed E-state index contributed by atoms with van der Waals surface area (Å²) < 4.78 is 5.43. The SMILES string of the molecule is CCC/C=C\C/C=C\CCCCCCCC(=O)OCCCCC/C=C\CCCCCCCC(=O)NC(CO)C(O)CCCCCCCCCCCCCCCCCCCCCCCCC. The van der Waals surface area contributed by atoms with Gasteiger partial charge in [0.05, 0.1) is 25.4 Å². The molecule has 0 aliphatic rings. The van der Waals surface area contributed by atoms with Crippen LogP contribution >= 0.6 is 0 Å². The van der Waals surface area contributed by atoms with Crippen LogP contribution in [0.25, 0.3) is 0 Å². The van der Waals surface area contributed by atoms with Crippen molar-refractivity contribution in [1.82, 2.24) is 5.32 Å². The average Bonchev–Trinajstić information content (AvgIpc) is 3.31. The van der Waals surface area contributed by atoms with Gasteiger partial charge in [-0.3, -0.25) is 9.59 Å². The standard InChI is InChI=1S/C59H111NO5/c1-3-5-7-9-11-13-15-17-18-19-20-21-22-23-24-25-26-28-31-35-39-43-47-51-57(62)56(55-61)60-58(63)52-48-44-40-36-32-29-30-34-38-42-46-50-54-65-59(64)53-49-45-41-37-33-27-16-14-12-10-8-6-4-2/h8,10,14,16,30,34,56-57,61-62H,3-7,9,11-13,15,17-29,31-33,35-55H2,1-2H3,(H,60,63)/b10-8-,16-14-,34-30-. The molecule has 3 N–H and O–H groups in total. The molecule has 0 radical (unpaired) electrons. The Labute approximate surface area is 404 Å². The van der Waals surface area contributed by atoms with Crippen molar-refractivity contribution in [2.24, 2.45) is 0 Å². The third kappa shape index (κ3) is 51.3. The molecule has 0 aromatic carbocycles. The summed E-state index contributed by atoms with van der Waals surface area (Å²) in [5, 5.41) is 23.3. The molecular formula is C59H111NO5. The lowest BCUT2D eigenvalue weighted by molar-refractivity contribution is -0.143. The van der Waals surface area contributed by atoms with Gasteiger partial charge in [-0.25, -0.2) is 0 Å². The lowest BCUT2D eigenvalue weighted by Gasteiger charge is -2.22. The van der Waals surface area contributed by atoms with E-state index in [1.54, 1.807) is 0 Å². The largest absolute Gasteiger partial charge is 0.466 e. The molecule has 0 rings (SSSR count). The van der Waals surface area contributed by atoms with E-state index >= 15 is 0 Å². The normalized spacial score (nSPS) is 12.9. The Balaban J connectivity index is 3.50. The van der Waals surface area contributed by atoms with E-state index in [-0.39, 0.29) is 18.5 Å². The van der Waals surface area contributed by atoms with E-state index < -0.39 is 12.1 Å². The number of ether oxygens (including phenoxy) is 1. The van der Waals surface area contributed by atoms with Crippen molar-refractivity contribution in [3.05, 3.63) is 36.5 Å². The van der Waals surface area contributed by atoms with Crippen LogP contribution in [-0.4, -0.2) is 47.4 Å². The Morgan fingerprint density at radius 1 is 0.431 bits per heavy atom. The second kappa shape index (κ2) is 54.7. The summed E-state index contributed by atoms with van der Waals surface area (Å²) in [7, 11) is 0. The van der Waals surface area contributed by atoms with Crippen LogP contribution in [0.5, 0.6) is 0 Å². The maximum Gasteiger partial charge on any atom is 0.305 e. The fourth-order valence-electron chi connectivity index (χ4n) is 8.73. The van der Waals surface area contributed by atoms with Gasteiger partial charge < -0.3 is 20.3 Å². The van der Waals surface area contributed by atoms with Gasteiger partial charge in [0.1, 0.15) is 0 Å². The van der Waals surface area contributed by atoms with E-state index in [1.807, 2.05) is 0 Å². The third-order valence-corrected chi connectivity index (χ3v) is 13.1. The molecule has 1 amide bonds. The highest BCUT2D eigenvalue weighted by Gasteiger charge is 2.20. The quantitative estimate of drug-likeness (QED) is 0.0321. The number of allylic oxidation sites excluding steroid dienone is 6. The van der Waals surface area contributed by atoms with E-state index in [0.29, 0.717) is 25.9 Å². The predicted molar refractivity (Wildman–Crippen MR) is 283 cm³/mol. The number of aliphatic hydroxyl groups excluding tert-OH is 2. The minimum Gasteiger partial charge on any atom is -0.466 e. The molecule has 0 spiro atoms. The van der Waals surface area contributed by atoms with Gasteiger partial charge in [-0.2, -0.15) is 0 Å². The van der Waals surface area contributed by atoms with Gasteiger partial charge in [0.15, 0.2) is 0 Å². The number of rotatable bonds is 53. The van der Waals surface area contributed by atoms with Gasteiger partial charge in [0.25, 0.3) is 0 Å². The number of unbranched alkanes of at least 4 members (excludes halogenated alkanes) is 36. The van der Waals surface area contributed by atoms with E-state index in [2.05, 4.69) is 55.6 Å². The zero-order valence-electron chi connectivity index (χ0n) is 43.5. The van der Waals surface area contributed by atoms with Crippen molar-refractivity contribution in [3.63, 3.8) is 0 Å². The molecule has 0 aliphatic carbocycles. The zero-order valence-corrected chi connectivity index (χ0v) is 43.5. The minimum atomic E-state index is -0.683. The Morgan fingerprint density at radius 2 is 0.800 bits per heavy atom. The Morgan fingerprint density at radius 3 is 1.25 bits per heavy atom. The highest BCUT2D eigenvalue weighted by molar-refractivity contribution is 5.76. The summed E-state index contributed by atoms with van der Waals surface area (Å²) in [6.45, 7) is 4.83. The molecule has 2 unspecified atom stereocenters. The van der Waals surface area contributed by atoms with Gasteiger partial charge in [0, 0.05) is 12.8 Å². The summed E-state index contributed by atoms with van der Waals surface area (Å²) in [6, 6.07) is -0.562. The van der Waals surface area contributed by atoms with Crippen molar-refractivity contribution in [2.45, 2.75) is 315 Å². The summed E-state index contributed by atoms with van der Waals surface area (Å²) in [5.74, 6) is -0.0974. The van der Waals surface area contributed by atoms with Crippen molar-refractivity contribution in [3.8, 4) is 0 Å². The molecule has 6 nitrogen and oxygen atoms in total. The predicted octanol–water partition coefficient (Wildman–Crippen LogP) is 17.6. The molecule has 0 heterocycles. The second-order valence-electron chi connectivity index (χ2n) is 19.6. The molecular weight excluding hydrogens is 803 g/mol. The van der Waals surface area contributed by atoms with Crippen LogP contribution < -0.4 is 5.32 Å². The first-order valence-electron chi connectivity index (χ1n) is 28.7. The minimum absolute atomic E-state index is 0.0377. The number of carbonyl (C=O) groups is 2. The fraction of sp³-hybridized carbons (Fsp3) is 0.864. The summed E-state index contributed by atoms with van der Waals surface area (Å²) in [5.41, 5.74) is 0. The number of amides is 1. The van der Waals surface area contributed by atoms with E-state index in [0.717, 1.165) is 89.9 Å². The fourth-order valence-corrected chi connectivity index (χ4v) is 8.73. The van der Waals surface area contributed by atoms with Gasteiger partial charge in [-0.05, 0) is 83.5 Å². The zero-order chi connectivity index (χ0) is 47.2. The average molecular weight is 915 g/mol. The highest BCUT2D eigenvalue weighted by atomic mass is 16.5. The number of aliphatic hydroxyl groups is 2. The third-order valence-electron chi connectivity index (χ3n) is 13.1. The number of hydrogen-bond donors (Lipinski definition) is 3. The van der Waals surface area contributed by atoms with E-state index in [9.17, 15) is 19.8 Å². The lowest BCUT2D eigenvalue weighted by Crippen LogP contribution is -2.45. The Bertz CT molecular complexity index is 1060. The first-order chi connectivity index (χ1) is 32.0. The molecule has 0 aromatic heterocycles. The van der Waals surface area contributed by atoms with Crippen LogP contribution in [0.15, 0.2) is 36.5 Å². The summed E-state index contributed by atoms with van der Waals surface area (Å²) in [4.78, 5) is 24.5. The first-order valence-corrected chi connectivity index (χ1v) is 28.7. The molecule has 0 aliphatic heterocycles. The smallest absolute Gasteiger partial charge is 0.305 e. The van der Waals surface area contributed by atoms with Crippen LogP contribution in [-0.2, 0) is 14.3 Å². The highest BCUT2D eigenvalue weighted by Crippen LogP contribution is 2.17. The molecule has 65 heavy (non-hydrogen) atoms. The first kappa shape index (κ1) is 63.1. The summed E-state index contributed by atoms with van der Waals surface area (Å²) >= 11 is 0. The monoisotopic (exact) mass is 914 g/mol. The lowest BCUT2D eigenvalue weighted by atomic mass is 10.0. The van der Waals surface area contributed by atoms with Crippen molar-refractivity contribution in [1.29, 1.82) is 0 Å². The van der Waals surface area contributed by atoms with Crippen LogP contribution in [0, 0.1) is 0 Å². The maximum absolute atomic E-state index is 12.5. The molecule has 382 valence electrons. The number of hydrogen-bond acceptors (Lipinski definition) is 5. The van der Waals surface area contributed by atoms with Crippen molar-refractivity contribution in [2.75, 3.05) is 13.2 Å². The molecule has 0 saturated carbocycles. The second-order valence-corrected chi connectivity index (χ2v) is 19.6.